The predicted molar refractivity (Wildman–Crippen MR) is 77.9 cm³/mol. The molecule has 0 unspecified atom stereocenters. The Hall–Kier alpha value is -1.76. The van der Waals surface area contributed by atoms with Crippen molar-refractivity contribution in [2.45, 2.75) is 51.5 Å². The third kappa shape index (κ3) is 2.97. The largest absolute Gasteiger partial charge is 0.343 e. The summed E-state index contributed by atoms with van der Waals surface area (Å²) in [6.45, 7) is 3.70. The number of aromatic nitrogens is 3. The highest BCUT2D eigenvalue weighted by Crippen LogP contribution is 2.37. The van der Waals surface area contributed by atoms with E-state index in [1.807, 2.05) is 12.3 Å². The molecule has 0 spiro atoms. The summed E-state index contributed by atoms with van der Waals surface area (Å²) < 4.78 is 5.08. The number of amides is 1. The highest BCUT2D eigenvalue weighted by atomic mass is 32.1. The molecule has 1 N–H and O–H groups in total. The van der Waals surface area contributed by atoms with Crippen LogP contribution in [0, 0.1) is 13.8 Å². The Kier molecular flexibility index (Phi) is 3.75. The van der Waals surface area contributed by atoms with E-state index in [2.05, 4.69) is 20.4 Å². The number of aryl methyl sites for hydroxylation is 2. The van der Waals surface area contributed by atoms with Gasteiger partial charge in [-0.1, -0.05) is 18.0 Å². The molecule has 112 valence electrons. The molecule has 0 aromatic carbocycles. The molecule has 1 saturated carbocycles. The molecule has 2 heterocycles. The maximum atomic E-state index is 12.3. The average Bonchev–Trinajstić information content (AvgIpc) is 3.12. The summed E-state index contributed by atoms with van der Waals surface area (Å²) in [7, 11) is 0. The number of thiazole rings is 1. The molecular weight excluding hydrogens is 288 g/mol. The van der Waals surface area contributed by atoms with Crippen molar-refractivity contribution in [3.8, 4) is 0 Å². The molecule has 7 heteroatoms. The van der Waals surface area contributed by atoms with Gasteiger partial charge in [0.1, 0.15) is 5.54 Å². The van der Waals surface area contributed by atoms with Gasteiger partial charge in [-0.2, -0.15) is 4.98 Å². The summed E-state index contributed by atoms with van der Waals surface area (Å²) in [6.07, 6.45) is 4.12. The van der Waals surface area contributed by atoms with Crippen molar-refractivity contribution in [1.29, 1.82) is 0 Å². The minimum atomic E-state index is -0.472. The van der Waals surface area contributed by atoms with E-state index in [-0.39, 0.29) is 5.91 Å². The topological polar surface area (TPSA) is 80.9 Å². The minimum absolute atomic E-state index is 0.0374. The highest BCUT2D eigenvalue weighted by Gasteiger charge is 2.41. The van der Waals surface area contributed by atoms with Gasteiger partial charge in [-0.25, -0.2) is 4.98 Å². The summed E-state index contributed by atoms with van der Waals surface area (Å²) in [5, 5.41) is 10.0. The molecule has 6 nitrogen and oxygen atoms in total. The lowest BCUT2D eigenvalue weighted by Crippen LogP contribution is -2.45. The molecular formula is C14H18N4O2S. The van der Waals surface area contributed by atoms with Gasteiger partial charge in [0.15, 0.2) is 5.82 Å². The zero-order chi connectivity index (χ0) is 14.9. The first-order chi connectivity index (χ1) is 10.1. The predicted octanol–water partition coefficient (Wildman–Crippen LogP) is 2.27. The number of hydrogen-bond acceptors (Lipinski definition) is 6. The Morgan fingerprint density at radius 3 is 2.71 bits per heavy atom. The van der Waals surface area contributed by atoms with Crippen LogP contribution in [-0.4, -0.2) is 21.0 Å². The number of rotatable bonds is 4. The van der Waals surface area contributed by atoms with Crippen LogP contribution in [0.1, 0.15) is 48.1 Å². The van der Waals surface area contributed by atoms with E-state index in [1.165, 1.54) is 0 Å². The van der Waals surface area contributed by atoms with Crippen LogP contribution < -0.4 is 5.32 Å². The Morgan fingerprint density at radius 1 is 1.38 bits per heavy atom. The van der Waals surface area contributed by atoms with E-state index in [1.54, 1.807) is 18.3 Å². The van der Waals surface area contributed by atoms with Crippen molar-refractivity contribution in [2.75, 3.05) is 0 Å². The molecule has 0 radical (unpaired) electrons. The highest BCUT2D eigenvalue weighted by molar-refractivity contribution is 7.09. The number of carbonyl (C=O) groups is 1. The van der Waals surface area contributed by atoms with Crippen molar-refractivity contribution in [1.82, 2.24) is 20.4 Å². The third-order valence-corrected chi connectivity index (χ3v) is 4.62. The number of hydrogen-bond donors (Lipinski definition) is 1. The molecule has 2 aromatic rings. The average molecular weight is 306 g/mol. The molecule has 0 bridgehead atoms. The molecule has 0 saturated heterocycles. The first kappa shape index (κ1) is 14.2. The van der Waals surface area contributed by atoms with Gasteiger partial charge >= 0.3 is 0 Å². The number of nitrogens with one attached hydrogen (secondary N) is 1. The monoisotopic (exact) mass is 306 g/mol. The summed E-state index contributed by atoms with van der Waals surface area (Å²) >= 11 is 1.56. The lowest BCUT2D eigenvalue weighted by Gasteiger charge is -2.26. The quantitative estimate of drug-likeness (QED) is 0.937. The summed E-state index contributed by atoms with van der Waals surface area (Å²) in [4.78, 5) is 21.0. The van der Waals surface area contributed by atoms with Crippen LogP contribution in [0.5, 0.6) is 0 Å². The molecule has 1 fully saturated rings. The molecule has 1 aliphatic rings. The SMILES string of the molecule is Cc1nc(C2(NC(=O)Cc3csc(C)n3)CCCC2)no1. The van der Waals surface area contributed by atoms with E-state index in [0.29, 0.717) is 18.1 Å². The maximum Gasteiger partial charge on any atom is 0.226 e. The molecule has 3 rings (SSSR count). The van der Waals surface area contributed by atoms with Gasteiger partial charge in [-0.15, -0.1) is 11.3 Å². The van der Waals surface area contributed by atoms with Crippen molar-refractivity contribution < 1.29 is 9.32 Å². The first-order valence-electron chi connectivity index (χ1n) is 7.10. The van der Waals surface area contributed by atoms with Crippen LogP contribution in [0.15, 0.2) is 9.90 Å². The van der Waals surface area contributed by atoms with E-state index in [0.717, 1.165) is 36.4 Å². The van der Waals surface area contributed by atoms with Crippen LogP contribution in [0.3, 0.4) is 0 Å². The van der Waals surface area contributed by atoms with Gasteiger partial charge < -0.3 is 9.84 Å². The fraction of sp³-hybridized carbons (Fsp3) is 0.571. The Morgan fingerprint density at radius 2 is 2.14 bits per heavy atom. The van der Waals surface area contributed by atoms with Gasteiger partial charge in [0.2, 0.25) is 11.8 Å². The van der Waals surface area contributed by atoms with E-state index in [4.69, 9.17) is 4.52 Å². The van der Waals surface area contributed by atoms with Crippen molar-refractivity contribution in [3.05, 3.63) is 27.8 Å². The molecule has 1 aliphatic carbocycles. The van der Waals surface area contributed by atoms with Crippen molar-refractivity contribution in [3.63, 3.8) is 0 Å². The summed E-state index contributed by atoms with van der Waals surface area (Å²) in [5.41, 5.74) is 0.340. The Bertz CT molecular complexity index is 643. The second-order valence-corrected chi connectivity index (χ2v) is 6.57. The Balaban J connectivity index is 1.75. The van der Waals surface area contributed by atoms with Crippen LogP contribution in [-0.2, 0) is 16.8 Å². The molecule has 21 heavy (non-hydrogen) atoms. The zero-order valence-electron chi connectivity index (χ0n) is 12.2. The van der Waals surface area contributed by atoms with Gasteiger partial charge in [-0.05, 0) is 19.8 Å². The summed E-state index contributed by atoms with van der Waals surface area (Å²) in [6, 6.07) is 0. The maximum absolute atomic E-state index is 12.3. The lowest BCUT2D eigenvalue weighted by molar-refractivity contribution is -0.122. The number of nitrogens with zero attached hydrogens (tertiary/aromatic N) is 3. The standard InChI is InChI=1S/C14H18N4O2S/c1-9-15-13(18-20-9)14(5-3-4-6-14)17-12(19)7-11-8-21-10(2)16-11/h8H,3-7H2,1-2H3,(H,17,19). The fourth-order valence-corrected chi connectivity index (χ4v) is 3.45. The first-order valence-corrected chi connectivity index (χ1v) is 7.98. The zero-order valence-corrected chi connectivity index (χ0v) is 13.0. The van der Waals surface area contributed by atoms with Gasteiger partial charge in [0.25, 0.3) is 0 Å². The van der Waals surface area contributed by atoms with Crippen molar-refractivity contribution >= 4 is 17.2 Å². The van der Waals surface area contributed by atoms with E-state index in [9.17, 15) is 4.79 Å². The molecule has 0 aliphatic heterocycles. The normalized spacial score (nSPS) is 17.0. The fourth-order valence-electron chi connectivity index (χ4n) is 2.84. The number of carbonyl (C=O) groups excluding carboxylic acids is 1. The molecule has 1 amide bonds. The lowest BCUT2D eigenvalue weighted by atomic mass is 9.96. The van der Waals surface area contributed by atoms with Crippen LogP contribution in [0.4, 0.5) is 0 Å². The van der Waals surface area contributed by atoms with Crippen LogP contribution in [0.2, 0.25) is 0 Å². The van der Waals surface area contributed by atoms with Crippen LogP contribution >= 0.6 is 11.3 Å². The summed E-state index contributed by atoms with van der Waals surface area (Å²) in [5.74, 6) is 1.09. The third-order valence-electron chi connectivity index (χ3n) is 3.80. The van der Waals surface area contributed by atoms with Gasteiger partial charge in [0, 0.05) is 12.3 Å². The van der Waals surface area contributed by atoms with Gasteiger partial charge in [-0.3, -0.25) is 4.79 Å². The smallest absolute Gasteiger partial charge is 0.226 e. The van der Waals surface area contributed by atoms with E-state index >= 15 is 0 Å². The van der Waals surface area contributed by atoms with Gasteiger partial charge in [0.05, 0.1) is 17.1 Å². The van der Waals surface area contributed by atoms with E-state index < -0.39 is 5.54 Å². The molecule has 0 atom stereocenters. The second kappa shape index (κ2) is 5.55. The van der Waals surface area contributed by atoms with Crippen molar-refractivity contribution in [2.24, 2.45) is 0 Å². The second-order valence-electron chi connectivity index (χ2n) is 5.51. The minimum Gasteiger partial charge on any atom is -0.343 e. The Labute approximate surface area is 127 Å². The molecule has 2 aromatic heterocycles. The van der Waals surface area contributed by atoms with Crippen LogP contribution in [0.25, 0.3) is 0 Å².